The summed E-state index contributed by atoms with van der Waals surface area (Å²) in [6.07, 6.45) is 25.5. The number of esters is 2. The Bertz CT molecular complexity index is 773. The number of carboxylic acids is 1. The molecule has 0 rings (SSSR count). The molecule has 0 saturated carbocycles. The third kappa shape index (κ3) is 26.0. The molecule has 0 amide bonds. The van der Waals surface area contributed by atoms with Crippen molar-refractivity contribution < 1.29 is 38.2 Å². The van der Waals surface area contributed by atoms with Crippen molar-refractivity contribution in [1.82, 2.24) is 0 Å². The Morgan fingerprint density at radius 1 is 0.698 bits per heavy atom. The Hall–Kier alpha value is -2.19. The van der Waals surface area contributed by atoms with Gasteiger partial charge >= 0.3 is 17.9 Å². The van der Waals surface area contributed by atoms with E-state index in [2.05, 4.69) is 38.2 Å². The van der Waals surface area contributed by atoms with Crippen molar-refractivity contribution in [3.8, 4) is 0 Å². The molecule has 250 valence electrons. The minimum absolute atomic E-state index is 0.0561. The molecular formula is C35H64NO7+. The maximum absolute atomic E-state index is 12.5. The van der Waals surface area contributed by atoms with E-state index in [0.29, 0.717) is 19.3 Å². The second-order valence-electron chi connectivity index (χ2n) is 12.4. The van der Waals surface area contributed by atoms with Gasteiger partial charge in [-0.15, -0.1) is 0 Å². The van der Waals surface area contributed by atoms with Gasteiger partial charge < -0.3 is 23.8 Å². The Labute approximate surface area is 262 Å². The van der Waals surface area contributed by atoms with Crippen LogP contribution in [0.25, 0.3) is 0 Å². The average Bonchev–Trinajstić information content (AvgIpc) is 2.94. The molecule has 0 aromatic rings. The lowest BCUT2D eigenvalue weighted by Gasteiger charge is -2.31. The summed E-state index contributed by atoms with van der Waals surface area (Å²) in [6, 6.07) is -0.611. The maximum Gasteiger partial charge on any atom is 0.362 e. The van der Waals surface area contributed by atoms with Crippen molar-refractivity contribution in [1.29, 1.82) is 0 Å². The molecule has 0 bridgehead atoms. The van der Waals surface area contributed by atoms with Crippen LogP contribution in [0.1, 0.15) is 129 Å². The topological polar surface area (TPSA) is 99.1 Å². The van der Waals surface area contributed by atoms with Gasteiger partial charge in [-0.2, -0.15) is 0 Å². The van der Waals surface area contributed by atoms with E-state index in [-0.39, 0.29) is 36.2 Å². The molecule has 1 N–H and O–H groups in total. The second-order valence-corrected chi connectivity index (χ2v) is 12.4. The van der Waals surface area contributed by atoms with Crippen LogP contribution in [-0.4, -0.2) is 80.6 Å². The largest absolute Gasteiger partial charge is 0.477 e. The van der Waals surface area contributed by atoms with Gasteiger partial charge in [0.25, 0.3) is 0 Å². The second kappa shape index (κ2) is 27.4. The standard InChI is InChI=1S/C35H63NO7/c1-6-8-10-12-13-14-15-16-17-18-19-20-21-22-24-26-34(38)43-31(30-42-33(37)25-23-11-9-7-2)29-41-28-27-32(35(39)40)36(3,4)5/h13-14,16-17,31-32H,6-12,15,18-30H2,1-5H3/p+1/b14-13-,17-16-. The molecule has 8 nitrogen and oxygen atoms in total. The molecule has 0 aliphatic heterocycles. The van der Waals surface area contributed by atoms with Gasteiger partial charge in [0, 0.05) is 19.3 Å². The summed E-state index contributed by atoms with van der Waals surface area (Å²) in [5.41, 5.74) is 0. The van der Waals surface area contributed by atoms with E-state index >= 15 is 0 Å². The highest BCUT2D eigenvalue weighted by atomic mass is 16.6. The number of carbonyl (C=O) groups is 3. The molecule has 2 unspecified atom stereocenters. The minimum atomic E-state index is -0.881. The number of unbranched alkanes of at least 4 members (excludes halogenated alkanes) is 11. The summed E-state index contributed by atoms with van der Waals surface area (Å²) in [7, 11) is 5.49. The van der Waals surface area contributed by atoms with E-state index in [9.17, 15) is 19.5 Å². The fraction of sp³-hybridized carbons (Fsp3) is 0.800. The molecule has 0 fully saturated rings. The van der Waals surface area contributed by atoms with Crippen LogP contribution in [-0.2, 0) is 28.6 Å². The highest BCUT2D eigenvalue weighted by Gasteiger charge is 2.31. The van der Waals surface area contributed by atoms with E-state index in [1.54, 1.807) is 0 Å². The first-order valence-corrected chi connectivity index (χ1v) is 16.9. The predicted molar refractivity (Wildman–Crippen MR) is 174 cm³/mol. The predicted octanol–water partition coefficient (Wildman–Crippen LogP) is 7.79. The minimum Gasteiger partial charge on any atom is -0.477 e. The van der Waals surface area contributed by atoms with Crippen molar-refractivity contribution in [3.63, 3.8) is 0 Å². The summed E-state index contributed by atoms with van der Waals surface area (Å²) in [4.78, 5) is 36.3. The molecule has 0 heterocycles. The summed E-state index contributed by atoms with van der Waals surface area (Å²) >= 11 is 0. The van der Waals surface area contributed by atoms with Gasteiger partial charge in [0.2, 0.25) is 0 Å². The number of quaternary nitrogens is 1. The van der Waals surface area contributed by atoms with E-state index in [0.717, 1.165) is 70.6 Å². The Balaban J connectivity index is 4.37. The monoisotopic (exact) mass is 610 g/mol. The fourth-order valence-corrected chi connectivity index (χ4v) is 4.65. The molecule has 8 heteroatoms. The van der Waals surface area contributed by atoms with E-state index < -0.39 is 18.1 Å². The number of carboxylic acid groups (broad SMARTS) is 1. The van der Waals surface area contributed by atoms with Crippen molar-refractivity contribution in [3.05, 3.63) is 24.3 Å². The first kappa shape index (κ1) is 40.8. The average molecular weight is 611 g/mol. The summed E-state index contributed by atoms with van der Waals surface area (Å²) in [5.74, 6) is -1.51. The zero-order chi connectivity index (χ0) is 32.2. The van der Waals surface area contributed by atoms with Crippen LogP contribution < -0.4 is 0 Å². The van der Waals surface area contributed by atoms with E-state index in [4.69, 9.17) is 14.2 Å². The first-order chi connectivity index (χ1) is 20.6. The van der Waals surface area contributed by atoms with Crippen LogP contribution in [0.3, 0.4) is 0 Å². The molecule has 0 aromatic heterocycles. The van der Waals surface area contributed by atoms with E-state index in [1.807, 2.05) is 21.1 Å². The van der Waals surface area contributed by atoms with Gasteiger partial charge in [-0.05, 0) is 44.9 Å². The van der Waals surface area contributed by atoms with Gasteiger partial charge in [-0.1, -0.05) is 89.5 Å². The van der Waals surface area contributed by atoms with Crippen LogP contribution >= 0.6 is 0 Å². The molecule has 2 atom stereocenters. The number of hydrogen-bond acceptors (Lipinski definition) is 6. The third-order valence-corrected chi connectivity index (χ3v) is 7.35. The van der Waals surface area contributed by atoms with Crippen LogP contribution in [0.2, 0.25) is 0 Å². The highest BCUT2D eigenvalue weighted by molar-refractivity contribution is 5.72. The Kier molecular flexibility index (Phi) is 26.0. The first-order valence-electron chi connectivity index (χ1n) is 16.9. The molecule has 0 saturated heterocycles. The zero-order valence-corrected chi connectivity index (χ0v) is 28.2. The summed E-state index contributed by atoms with van der Waals surface area (Å²) < 4.78 is 17.0. The Morgan fingerprint density at radius 3 is 1.84 bits per heavy atom. The number of rotatable bonds is 29. The maximum atomic E-state index is 12.5. The van der Waals surface area contributed by atoms with Crippen molar-refractivity contribution in [2.24, 2.45) is 0 Å². The van der Waals surface area contributed by atoms with Crippen LogP contribution in [0.4, 0.5) is 0 Å². The quantitative estimate of drug-likeness (QED) is 0.0399. The van der Waals surface area contributed by atoms with Crippen molar-refractivity contribution in [2.75, 3.05) is 41.0 Å². The number of ether oxygens (including phenoxy) is 3. The number of aliphatic carboxylic acids is 1. The SMILES string of the molecule is CCCCC/C=C\C/C=C\CCCCCCCC(=O)OC(COCCC(C(=O)O)[N+](C)(C)C)COC(=O)CCCCCC. The van der Waals surface area contributed by atoms with Crippen LogP contribution in [0.5, 0.6) is 0 Å². The molecule has 0 aliphatic carbocycles. The lowest BCUT2D eigenvalue weighted by molar-refractivity contribution is -0.887. The van der Waals surface area contributed by atoms with Gasteiger partial charge in [0.15, 0.2) is 12.1 Å². The molecular weight excluding hydrogens is 546 g/mol. The smallest absolute Gasteiger partial charge is 0.362 e. The number of allylic oxidation sites excluding steroid dienone is 4. The molecule has 0 spiro atoms. The summed E-state index contributed by atoms with van der Waals surface area (Å²) in [6.45, 7) is 4.55. The molecule has 0 aromatic carbocycles. The third-order valence-electron chi connectivity index (χ3n) is 7.35. The Morgan fingerprint density at radius 2 is 1.23 bits per heavy atom. The van der Waals surface area contributed by atoms with Crippen molar-refractivity contribution in [2.45, 2.75) is 142 Å². The molecule has 0 aliphatic rings. The lowest BCUT2D eigenvalue weighted by atomic mass is 10.1. The zero-order valence-electron chi connectivity index (χ0n) is 28.2. The van der Waals surface area contributed by atoms with Crippen LogP contribution in [0, 0.1) is 0 Å². The van der Waals surface area contributed by atoms with Gasteiger partial charge in [0.05, 0.1) is 34.4 Å². The van der Waals surface area contributed by atoms with Crippen molar-refractivity contribution >= 4 is 17.9 Å². The number of hydrogen-bond donors (Lipinski definition) is 1. The van der Waals surface area contributed by atoms with Crippen LogP contribution in [0.15, 0.2) is 24.3 Å². The van der Waals surface area contributed by atoms with Gasteiger partial charge in [0.1, 0.15) is 6.61 Å². The number of nitrogens with zero attached hydrogens (tertiary/aromatic N) is 1. The van der Waals surface area contributed by atoms with Gasteiger partial charge in [-0.25, -0.2) is 4.79 Å². The number of carbonyl (C=O) groups excluding carboxylic acids is 2. The van der Waals surface area contributed by atoms with Gasteiger partial charge in [-0.3, -0.25) is 9.59 Å². The number of likely N-dealkylation sites (N-methyl/N-ethyl adjacent to an activating group) is 1. The normalized spacial score (nSPS) is 13.4. The fourth-order valence-electron chi connectivity index (χ4n) is 4.65. The summed E-state index contributed by atoms with van der Waals surface area (Å²) in [5, 5.41) is 9.51. The molecule has 0 radical (unpaired) electrons. The molecule has 43 heavy (non-hydrogen) atoms. The highest BCUT2D eigenvalue weighted by Crippen LogP contribution is 2.12. The van der Waals surface area contributed by atoms with E-state index in [1.165, 1.54) is 25.7 Å². The lowest BCUT2D eigenvalue weighted by Crippen LogP contribution is -2.50.